The summed E-state index contributed by atoms with van der Waals surface area (Å²) in [5.41, 5.74) is 0.601. The van der Waals surface area contributed by atoms with Gasteiger partial charge in [0.15, 0.2) is 5.76 Å². The van der Waals surface area contributed by atoms with Gasteiger partial charge in [-0.2, -0.15) is 0 Å². The minimum Gasteiger partial charge on any atom is -0.465 e. The van der Waals surface area contributed by atoms with E-state index in [1.165, 1.54) is 0 Å². The maximum atomic E-state index is 11.8. The number of fused-ring (bicyclic) bond motifs is 1. The molecular weight excluding hydrogens is 314 g/mol. The van der Waals surface area contributed by atoms with Crippen LogP contribution in [0.1, 0.15) is 17.5 Å². The van der Waals surface area contributed by atoms with Crippen molar-refractivity contribution in [2.75, 3.05) is 13.2 Å². The predicted molar refractivity (Wildman–Crippen MR) is 72.9 cm³/mol. The van der Waals surface area contributed by atoms with E-state index in [0.717, 1.165) is 9.86 Å². The van der Waals surface area contributed by atoms with E-state index in [4.69, 9.17) is 9.15 Å². The van der Waals surface area contributed by atoms with Crippen LogP contribution < -0.4 is 5.32 Å². The number of amides is 1. The molecule has 0 fully saturated rings. The van der Waals surface area contributed by atoms with Crippen LogP contribution in [0.5, 0.6) is 0 Å². The van der Waals surface area contributed by atoms with Crippen molar-refractivity contribution in [2.24, 2.45) is 0 Å². The van der Waals surface area contributed by atoms with Crippen LogP contribution in [-0.2, 0) is 9.53 Å². The molecule has 5 nitrogen and oxygen atoms in total. The number of para-hydroxylation sites is 1. The number of carbonyl (C=O) groups is 2. The maximum absolute atomic E-state index is 11.8. The average molecular weight is 326 g/mol. The third-order valence-electron chi connectivity index (χ3n) is 2.42. The summed E-state index contributed by atoms with van der Waals surface area (Å²) in [4.78, 5) is 22.9. The first kappa shape index (κ1) is 13.6. The standard InChI is InChI=1S/C13H12BrNO4/c1-2-18-11(16)7-15-13(17)10-6-8-4-3-5-9(14)12(8)19-10/h3-6H,2,7H2,1H3,(H,15,17). The van der Waals surface area contributed by atoms with E-state index in [1.54, 1.807) is 13.0 Å². The molecule has 6 heteroatoms. The van der Waals surface area contributed by atoms with Crippen LogP contribution in [0.25, 0.3) is 11.0 Å². The molecule has 0 aliphatic heterocycles. The normalized spacial score (nSPS) is 10.4. The number of benzene rings is 1. The van der Waals surface area contributed by atoms with Crippen molar-refractivity contribution in [3.63, 3.8) is 0 Å². The van der Waals surface area contributed by atoms with Crippen molar-refractivity contribution in [2.45, 2.75) is 6.92 Å². The fraction of sp³-hybridized carbons (Fsp3) is 0.231. The van der Waals surface area contributed by atoms with Crippen molar-refractivity contribution in [3.05, 3.63) is 34.5 Å². The summed E-state index contributed by atoms with van der Waals surface area (Å²) in [6, 6.07) is 7.14. The van der Waals surface area contributed by atoms with Crippen molar-refractivity contribution in [1.82, 2.24) is 5.32 Å². The van der Waals surface area contributed by atoms with Crippen LogP contribution in [0.15, 0.2) is 33.2 Å². The first-order valence-electron chi connectivity index (χ1n) is 5.73. The molecule has 0 aliphatic rings. The first-order valence-corrected chi connectivity index (χ1v) is 6.53. The molecule has 0 saturated heterocycles. The lowest BCUT2D eigenvalue weighted by atomic mass is 10.2. The molecule has 0 bridgehead atoms. The molecule has 2 rings (SSSR count). The van der Waals surface area contributed by atoms with Crippen LogP contribution in [-0.4, -0.2) is 25.0 Å². The quantitative estimate of drug-likeness (QED) is 0.877. The highest BCUT2D eigenvalue weighted by Gasteiger charge is 2.14. The molecule has 1 amide bonds. The Morgan fingerprint density at radius 1 is 1.42 bits per heavy atom. The zero-order chi connectivity index (χ0) is 13.8. The molecule has 0 saturated carbocycles. The summed E-state index contributed by atoms with van der Waals surface area (Å²) in [7, 11) is 0. The Balaban J connectivity index is 2.09. The van der Waals surface area contributed by atoms with Gasteiger partial charge in [-0.05, 0) is 35.0 Å². The van der Waals surface area contributed by atoms with E-state index in [-0.39, 0.29) is 18.9 Å². The molecule has 1 N–H and O–H groups in total. The van der Waals surface area contributed by atoms with Crippen LogP contribution >= 0.6 is 15.9 Å². The zero-order valence-electron chi connectivity index (χ0n) is 10.2. The Labute approximate surface area is 118 Å². The number of halogens is 1. The molecule has 1 aromatic carbocycles. The van der Waals surface area contributed by atoms with Gasteiger partial charge in [-0.1, -0.05) is 12.1 Å². The SMILES string of the molecule is CCOC(=O)CNC(=O)c1cc2cccc(Br)c2o1. The van der Waals surface area contributed by atoms with Crippen LogP contribution in [0.3, 0.4) is 0 Å². The fourth-order valence-electron chi connectivity index (χ4n) is 1.59. The Bertz CT molecular complexity index is 620. The largest absolute Gasteiger partial charge is 0.465 e. The third kappa shape index (κ3) is 3.14. The zero-order valence-corrected chi connectivity index (χ0v) is 11.8. The van der Waals surface area contributed by atoms with Gasteiger partial charge in [0.25, 0.3) is 5.91 Å². The molecule has 1 heterocycles. The molecule has 0 aliphatic carbocycles. The monoisotopic (exact) mass is 325 g/mol. The lowest BCUT2D eigenvalue weighted by Gasteiger charge is -2.02. The number of ether oxygens (including phenoxy) is 1. The van der Waals surface area contributed by atoms with E-state index in [1.807, 2.05) is 18.2 Å². The van der Waals surface area contributed by atoms with Crippen molar-refractivity contribution in [1.29, 1.82) is 0 Å². The Morgan fingerprint density at radius 2 is 2.21 bits per heavy atom. The van der Waals surface area contributed by atoms with Gasteiger partial charge in [0.05, 0.1) is 11.1 Å². The fourth-order valence-corrected chi connectivity index (χ4v) is 2.05. The van der Waals surface area contributed by atoms with E-state index in [0.29, 0.717) is 5.58 Å². The van der Waals surface area contributed by atoms with Gasteiger partial charge in [-0.25, -0.2) is 0 Å². The average Bonchev–Trinajstić information content (AvgIpc) is 2.82. The Kier molecular flexibility index (Phi) is 4.21. The first-order chi connectivity index (χ1) is 9.11. The lowest BCUT2D eigenvalue weighted by Crippen LogP contribution is -2.30. The molecule has 2 aromatic rings. The minimum atomic E-state index is -0.479. The molecular formula is C13H12BrNO4. The van der Waals surface area contributed by atoms with Gasteiger partial charge in [-0.15, -0.1) is 0 Å². The van der Waals surface area contributed by atoms with Gasteiger partial charge < -0.3 is 14.5 Å². The summed E-state index contributed by atoms with van der Waals surface area (Å²) in [6.07, 6.45) is 0. The molecule has 0 spiro atoms. The van der Waals surface area contributed by atoms with Crippen LogP contribution in [0.4, 0.5) is 0 Å². The van der Waals surface area contributed by atoms with Crippen LogP contribution in [0.2, 0.25) is 0 Å². The van der Waals surface area contributed by atoms with E-state index in [9.17, 15) is 9.59 Å². The number of esters is 1. The molecule has 1 aromatic heterocycles. The Hall–Kier alpha value is -1.82. The second kappa shape index (κ2) is 5.88. The predicted octanol–water partition coefficient (Wildman–Crippen LogP) is 2.49. The van der Waals surface area contributed by atoms with Crippen molar-refractivity contribution < 1.29 is 18.7 Å². The number of hydrogen-bond acceptors (Lipinski definition) is 4. The number of hydrogen-bond donors (Lipinski definition) is 1. The summed E-state index contributed by atoms with van der Waals surface area (Å²) in [6.45, 7) is 1.81. The lowest BCUT2D eigenvalue weighted by molar-refractivity contribution is -0.141. The number of rotatable bonds is 4. The Morgan fingerprint density at radius 3 is 2.89 bits per heavy atom. The molecule has 0 radical (unpaired) electrons. The van der Waals surface area contributed by atoms with Gasteiger partial charge in [0.2, 0.25) is 0 Å². The van der Waals surface area contributed by atoms with Gasteiger partial charge >= 0.3 is 5.97 Å². The van der Waals surface area contributed by atoms with Crippen LogP contribution in [0, 0.1) is 0 Å². The maximum Gasteiger partial charge on any atom is 0.325 e. The topological polar surface area (TPSA) is 68.5 Å². The highest BCUT2D eigenvalue weighted by molar-refractivity contribution is 9.10. The number of nitrogens with one attached hydrogen (secondary N) is 1. The number of carbonyl (C=O) groups excluding carboxylic acids is 2. The summed E-state index contributed by atoms with van der Waals surface area (Å²) < 4.78 is 10.9. The van der Waals surface area contributed by atoms with Crippen molar-refractivity contribution in [3.8, 4) is 0 Å². The minimum absolute atomic E-state index is 0.159. The van der Waals surface area contributed by atoms with Gasteiger partial charge in [0.1, 0.15) is 12.1 Å². The van der Waals surface area contributed by atoms with Gasteiger partial charge in [-0.3, -0.25) is 9.59 Å². The summed E-state index contributed by atoms with van der Waals surface area (Å²) in [5.74, 6) is -0.768. The van der Waals surface area contributed by atoms with E-state index in [2.05, 4.69) is 21.2 Å². The summed E-state index contributed by atoms with van der Waals surface area (Å²) in [5, 5.41) is 3.26. The summed E-state index contributed by atoms with van der Waals surface area (Å²) >= 11 is 3.34. The molecule has 100 valence electrons. The molecule has 0 unspecified atom stereocenters. The highest BCUT2D eigenvalue weighted by Crippen LogP contribution is 2.26. The van der Waals surface area contributed by atoms with E-state index < -0.39 is 11.9 Å². The smallest absolute Gasteiger partial charge is 0.325 e. The van der Waals surface area contributed by atoms with Gasteiger partial charge in [0, 0.05) is 5.39 Å². The second-order valence-corrected chi connectivity index (χ2v) is 4.61. The van der Waals surface area contributed by atoms with E-state index >= 15 is 0 Å². The second-order valence-electron chi connectivity index (χ2n) is 3.76. The van der Waals surface area contributed by atoms with Crippen molar-refractivity contribution >= 4 is 38.8 Å². The molecule has 0 atom stereocenters. The highest BCUT2D eigenvalue weighted by atomic mass is 79.9. The third-order valence-corrected chi connectivity index (χ3v) is 3.04. The molecule has 19 heavy (non-hydrogen) atoms. The number of furan rings is 1.